The van der Waals surface area contributed by atoms with Crippen LogP contribution in [0.5, 0.6) is 0 Å². The fourth-order valence-electron chi connectivity index (χ4n) is 1.12. The Morgan fingerprint density at radius 2 is 2.33 bits per heavy atom. The third-order valence-electron chi connectivity index (χ3n) is 1.91. The molecule has 0 radical (unpaired) electrons. The molecule has 0 spiro atoms. The Morgan fingerprint density at radius 1 is 1.47 bits per heavy atom. The topological polar surface area (TPSA) is 71.8 Å². The van der Waals surface area contributed by atoms with Crippen LogP contribution in [0.25, 0.3) is 0 Å². The van der Waals surface area contributed by atoms with Crippen molar-refractivity contribution in [1.29, 1.82) is 0 Å². The highest BCUT2D eigenvalue weighted by Gasteiger charge is 2.00. The Bertz CT molecular complexity index is 272. The van der Waals surface area contributed by atoms with E-state index in [0.29, 0.717) is 19.5 Å². The summed E-state index contributed by atoms with van der Waals surface area (Å²) in [7, 11) is 0. The van der Waals surface area contributed by atoms with E-state index in [4.69, 9.17) is 0 Å². The zero-order valence-corrected chi connectivity index (χ0v) is 8.94. The van der Waals surface area contributed by atoms with Crippen LogP contribution in [0.4, 0.5) is 0 Å². The van der Waals surface area contributed by atoms with Crippen LogP contribution in [0.3, 0.4) is 0 Å². The van der Waals surface area contributed by atoms with Gasteiger partial charge in [-0.2, -0.15) is 0 Å². The summed E-state index contributed by atoms with van der Waals surface area (Å²) in [5.41, 5.74) is 0. The predicted molar refractivity (Wildman–Crippen MR) is 56.2 cm³/mol. The number of rotatable bonds is 7. The quantitative estimate of drug-likeness (QED) is 0.590. The molecule has 0 bridgehead atoms. The number of nitrogens with one attached hydrogen (secondary N) is 2. The van der Waals surface area contributed by atoms with E-state index in [9.17, 15) is 4.79 Å². The molecule has 1 aromatic rings. The van der Waals surface area contributed by atoms with Crippen LogP contribution in [-0.4, -0.2) is 40.5 Å². The highest BCUT2D eigenvalue weighted by atomic mass is 16.1. The summed E-state index contributed by atoms with van der Waals surface area (Å²) in [5.74, 6) is 0.0448. The second-order valence-electron chi connectivity index (χ2n) is 3.12. The number of amides is 1. The molecule has 15 heavy (non-hydrogen) atoms. The molecule has 1 aromatic heterocycles. The van der Waals surface area contributed by atoms with E-state index in [2.05, 4.69) is 20.9 Å². The summed E-state index contributed by atoms with van der Waals surface area (Å²) in [4.78, 5) is 11.3. The number of carbonyl (C=O) groups is 1. The van der Waals surface area contributed by atoms with Gasteiger partial charge in [-0.05, 0) is 6.54 Å². The molecule has 0 aliphatic heterocycles. The number of likely N-dealkylation sites (N-methyl/N-ethyl adjacent to an activating group) is 1. The van der Waals surface area contributed by atoms with Gasteiger partial charge in [0, 0.05) is 25.7 Å². The number of hydrogen-bond donors (Lipinski definition) is 2. The summed E-state index contributed by atoms with van der Waals surface area (Å²) in [6.45, 7) is 5.02. The molecule has 0 atom stereocenters. The molecule has 1 heterocycles. The standard InChI is InChI=1S/C9H17N5O/c1-2-10-4-5-11-9(15)3-7-14-8-6-12-13-14/h6,8,10H,2-5,7H2,1H3,(H,11,15). The van der Waals surface area contributed by atoms with Gasteiger partial charge in [0.05, 0.1) is 12.7 Å². The van der Waals surface area contributed by atoms with E-state index in [-0.39, 0.29) is 5.91 Å². The highest BCUT2D eigenvalue weighted by molar-refractivity contribution is 5.75. The summed E-state index contributed by atoms with van der Waals surface area (Å²) < 4.78 is 1.64. The Morgan fingerprint density at radius 3 is 3.00 bits per heavy atom. The monoisotopic (exact) mass is 211 g/mol. The van der Waals surface area contributed by atoms with E-state index in [1.54, 1.807) is 17.1 Å². The second-order valence-corrected chi connectivity index (χ2v) is 3.12. The number of aromatic nitrogens is 3. The fourth-order valence-corrected chi connectivity index (χ4v) is 1.12. The van der Waals surface area contributed by atoms with E-state index < -0.39 is 0 Å². The second kappa shape index (κ2) is 6.94. The molecule has 6 heteroatoms. The van der Waals surface area contributed by atoms with E-state index in [1.165, 1.54) is 0 Å². The zero-order chi connectivity index (χ0) is 10.9. The van der Waals surface area contributed by atoms with Crippen molar-refractivity contribution < 1.29 is 4.79 Å². The maximum Gasteiger partial charge on any atom is 0.221 e. The van der Waals surface area contributed by atoms with Gasteiger partial charge in [-0.25, -0.2) is 0 Å². The van der Waals surface area contributed by atoms with Gasteiger partial charge < -0.3 is 10.6 Å². The maximum absolute atomic E-state index is 11.3. The van der Waals surface area contributed by atoms with Crippen LogP contribution in [0.1, 0.15) is 13.3 Å². The lowest BCUT2D eigenvalue weighted by Gasteiger charge is -2.05. The maximum atomic E-state index is 11.3. The number of nitrogens with zero attached hydrogens (tertiary/aromatic N) is 3. The third-order valence-corrected chi connectivity index (χ3v) is 1.91. The number of aryl methyl sites for hydroxylation is 1. The van der Waals surface area contributed by atoms with Gasteiger partial charge in [-0.1, -0.05) is 12.1 Å². The zero-order valence-electron chi connectivity index (χ0n) is 8.94. The van der Waals surface area contributed by atoms with Gasteiger partial charge >= 0.3 is 0 Å². The minimum absolute atomic E-state index is 0.0448. The van der Waals surface area contributed by atoms with Crippen LogP contribution < -0.4 is 10.6 Å². The van der Waals surface area contributed by atoms with Gasteiger partial charge in [0.15, 0.2) is 0 Å². The van der Waals surface area contributed by atoms with E-state index in [1.807, 2.05) is 6.92 Å². The van der Waals surface area contributed by atoms with Crippen LogP contribution in [-0.2, 0) is 11.3 Å². The molecule has 2 N–H and O–H groups in total. The first-order valence-electron chi connectivity index (χ1n) is 5.14. The first-order chi connectivity index (χ1) is 7.33. The van der Waals surface area contributed by atoms with Crippen molar-refractivity contribution in [2.24, 2.45) is 0 Å². The Balaban J connectivity index is 2.04. The van der Waals surface area contributed by atoms with Crippen LogP contribution in [0, 0.1) is 0 Å². The highest BCUT2D eigenvalue weighted by Crippen LogP contribution is 1.86. The molecule has 0 saturated carbocycles. The van der Waals surface area contributed by atoms with Crippen molar-refractivity contribution in [2.45, 2.75) is 19.9 Å². The summed E-state index contributed by atoms with van der Waals surface area (Å²) >= 11 is 0. The minimum Gasteiger partial charge on any atom is -0.355 e. The van der Waals surface area contributed by atoms with Crippen molar-refractivity contribution >= 4 is 5.91 Å². The van der Waals surface area contributed by atoms with Gasteiger partial charge in [0.25, 0.3) is 0 Å². The van der Waals surface area contributed by atoms with E-state index >= 15 is 0 Å². The SMILES string of the molecule is CCNCCNC(=O)CCn1ccnn1. The molecule has 0 aliphatic carbocycles. The molecule has 0 aromatic carbocycles. The van der Waals surface area contributed by atoms with Crippen LogP contribution in [0.2, 0.25) is 0 Å². The van der Waals surface area contributed by atoms with Crippen LogP contribution in [0.15, 0.2) is 12.4 Å². The molecular weight excluding hydrogens is 194 g/mol. The molecule has 6 nitrogen and oxygen atoms in total. The third kappa shape index (κ3) is 5.11. The van der Waals surface area contributed by atoms with Gasteiger partial charge in [0.1, 0.15) is 0 Å². The first-order valence-corrected chi connectivity index (χ1v) is 5.14. The average Bonchev–Trinajstić information content (AvgIpc) is 2.74. The van der Waals surface area contributed by atoms with Crippen LogP contribution >= 0.6 is 0 Å². The molecule has 1 rings (SSSR count). The summed E-state index contributed by atoms with van der Waals surface area (Å²) in [5, 5.41) is 13.4. The Labute approximate surface area is 89.0 Å². The van der Waals surface area contributed by atoms with E-state index in [0.717, 1.165) is 13.1 Å². The Kier molecular flexibility index (Phi) is 5.39. The van der Waals surface area contributed by atoms with Crippen molar-refractivity contribution in [3.05, 3.63) is 12.4 Å². The van der Waals surface area contributed by atoms with Crippen molar-refractivity contribution in [3.8, 4) is 0 Å². The first kappa shape index (κ1) is 11.6. The lowest BCUT2D eigenvalue weighted by Crippen LogP contribution is -2.32. The molecule has 0 saturated heterocycles. The molecule has 0 fully saturated rings. The normalized spacial score (nSPS) is 10.2. The lowest BCUT2D eigenvalue weighted by molar-refractivity contribution is -0.121. The predicted octanol–water partition coefficient (Wildman–Crippen LogP) is -0.606. The summed E-state index contributed by atoms with van der Waals surface area (Å²) in [6.07, 6.45) is 3.78. The van der Waals surface area contributed by atoms with Gasteiger partial charge in [-0.15, -0.1) is 5.10 Å². The molecule has 84 valence electrons. The van der Waals surface area contributed by atoms with Crippen molar-refractivity contribution in [1.82, 2.24) is 25.6 Å². The molecule has 0 aliphatic rings. The minimum atomic E-state index is 0.0448. The largest absolute Gasteiger partial charge is 0.355 e. The fraction of sp³-hybridized carbons (Fsp3) is 0.667. The van der Waals surface area contributed by atoms with Crippen molar-refractivity contribution in [3.63, 3.8) is 0 Å². The van der Waals surface area contributed by atoms with Gasteiger partial charge in [0.2, 0.25) is 5.91 Å². The molecule has 1 amide bonds. The lowest BCUT2D eigenvalue weighted by atomic mass is 10.4. The number of carbonyl (C=O) groups excluding carboxylic acids is 1. The number of hydrogen-bond acceptors (Lipinski definition) is 4. The molecular formula is C9H17N5O. The molecule has 0 unspecified atom stereocenters. The smallest absolute Gasteiger partial charge is 0.221 e. The summed E-state index contributed by atoms with van der Waals surface area (Å²) in [6, 6.07) is 0. The van der Waals surface area contributed by atoms with Crippen molar-refractivity contribution in [2.75, 3.05) is 19.6 Å². The van der Waals surface area contributed by atoms with Gasteiger partial charge in [-0.3, -0.25) is 9.48 Å². The Hall–Kier alpha value is -1.43. The average molecular weight is 211 g/mol.